The molecule has 158 valence electrons. The van der Waals surface area contributed by atoms with Crippen molar-refractivity contribution in [3.8, 4) is 11.5 Å². The topological polar surface area (TPSA) is 65.4 Å². The first-order valence-corrected chi connectivity index (χ1v) is 10.3. The van der Waals surface area contributed by atoms with Gasteiger partial charge in [0.15, 0.2) is 0 Å². The molecule has 1 amide bonds. The van der Waals surface area contributed by atoms with E-state index in [4.69, 9.17) is 14.5 Å². The highest BCUT2D eigenvalue weighted by Gasteiger charge is 2.12. The van der Waals surface area contributed by atoms with Gasteiger partial charge in [0.25, 0.3) is 5.91 Å². The highest BCUT2D eigenvalue weighted by molar-refractivity contribution is 5.94. The maximum Gasteiger partial charge on any atom is 0.251 e. The lowest BCUT2D eigenvalue weighted by atomic mass is 10.2. The molecule has 4 aromatic rings. The number of ether oxygens (including phenoxy) is 2. The maximum atomic E-state index is 12.5. The first-order chi connectivity index (χ1) is 15.2. The number of nitrogens with one attached hydrogen (secondary N) is 1. The molecule has 1 N–H and O–H groups in total. The van der Waals surface area contributed by atoms with Crippen LogP contribution in [0.5, 0.6) is 11.5 Å². The fraction of sp³-hybridized carbons (Fsp3) is 0.200. The number of hydrogen-bond acceptors (Lipinski definition) is 4. The van der Waals surface area contributed by atoms with E-state index in [1.54, 1.807) is 25.3 Å². The summed E-state index contributed by atoms with van der Waals surface area (Å²) in [5, 5.41) is 2.97. The zero-order valence-corrected chi connectivity index (χ0v) is 17.5. The molecule has 1 aromatic heterocycles. The second-order valence-electron chi connectivity index (χ2n) is 7.07. The number of hydrogen-bond donors (Lipinski definition) is 1. The summed E-state index contributed by atoms with van der Waals surface area (Å²) >= 11 is 0. The van der Waals surface area contributed by atoms with Crippen molar-refractivity contribution in [2.24, 2.45) is 0 Å². The Labute approximate surface area is 181 Å². The Hall–Kier alpha value is -3.80. The van der Waals surface area contributed by atoms with Gasteiger partial charge in [0.05, 0.1) is 24.7 Å². The number of aromatic nitrogens is 2. The van der Waals surface area contributed by atoms with Crippen LogP contribution in [0.15, 0.2) is 78.9 Å². The smallest absolute Gasteiger partial charge is 0.251 e. The third kappa shape index (κ3) is 5.04. The van der Waals surface area contributed by atoms with E-state index >= 15 is 0 Å². The third-order valence-electron chi connectivity index (χ3n) is 5.03. The largest absolute Gasteiger partial charge is 0.497 e. The minimum atomic E-state index is -0.131. The van der Waals surface area contributed by atoms with Gasteiger partial charge in [-0.25, -0.2) is 4.98 Å². The Morgan fingerprint density at radius 2 is 1.74 bits per heavy atom. The van der Waals surface area contributed by atoms with Crippen molar-refractivity contribution in [2.45, 2.75) is 13.0 Å². The van der Waals surface area contributed by atoms with E-state index in [1.165, 1.54) is 0 Å². The summed E-state index contributed by atoms with van der Waals surface area (Å²) in [6.07, 6.45) is 0.621. The highest BCUT2D eigenvalue weighted by atomic mass is 16.5. The van der Waals surface area contributed by atoms with Crippen LogP contribution in [0.2, 0.25) is 0 Å². The summed E-state index contributed by atoms with van der Waals surface area (Å²) in [5.41, 5.74) is 2.58. The Kier molecular flexibility index (Phi) is 6.47. The number of nitrogens with zero attached hydrogens (tertiary/aromatic N) is 2. The van der Waals surface area contributed by atoms with Crippen LogP contribution in [-0.2, 0) is 13.0 Å². The van der Waals surface area contributed by atoms with Gasteiger partial charge >= 0.3 is 0 Å². The quantitative estimate of drug-likeness (QED) is 0.447. The van der Waals surface area contributed by atoms with E-state index in [1.807, 2.05) is 54.6 Å². The van der Waals surface area contributed by atoms with Crippen LogP contribution in [0.3, 0.4) is 0 Å². The number of amides is 1. The van der Waals surface area contributed by atoms with Gasteiger partial charge < -0.3 is 19.4 Å². The second kappa shape index (κ2) is 9.80. The molecule has 0 atom stereocenters. The summed E-state index contributed by atoms with van der Waals surface area (Å²) in [5.74, 6) is 2.30. The third-order valence-corrected chi connectivity index (χ3v) is 5.03. The Balaban J connectivity index is 1.41. The molecule has 0 aliphatic carbocycles. The van der Waals surface area contributed by atoms with Crippen molar-refractivity contribution < 1.29 is 14.3 Å². The van der Waals surface area contributed by atoms with Gasteiger partial charge in [-0.3, -0.25) is 4.79 Å². The van der Waals surface area contributed by atoms with E-state index in [2.05, 4.69) is 16.0 Å². The monoisotopic (exact) mass is 415 g/mol. The SMILES string of the molecule is COc1cccc(C(=O)NCCc2nc3ccccc3n2CCOc2ccccc2)c1. The van der Waals surface area contributed by atoms with E-state index in [-0.39, 0.29) is 5.91 Å². The molecule has 0 fully saturated rings. The number of fused-ring (bicyclic) bond motifs is 1. The Bertz CT molecular complexity index is 1160. The Morgan fingerprint density at radius 1 is 0.968 bits per heavy atom. The molecule has 0 spiro atoms. The molecule has 0 aliphatic heterocycles. The number of imidazole rings is 1. The highest BCUT2D eigenvalue weighted by Crippen LogP contribution is 2.17. The molecule has 0 saturated carbocycles. The van der Waals surface area contributed by atoms with Crippen molar-refractivity contribution in [1.29, 1.82) is 0 Å². The molecule has 0 saturated heterocycles. The molecule has 6 heteroatoms. The normalized spacial score (nSPS) is 10.7. The maximum absolute atomic E-state index is 12.5. The first-order valence-electron chi connectivity index (χ1n) is 10.3. The number of carbonyl (C=O) groups is 1. The molecule has 0 bridgehead atoms. The van der Waals surface area contributed by atoms with Crippen molar-refractivity contribution in [3.05, 3.63) is 90.3 Å². The molecule has 4 rings (SSSR count). The van der Waals surface area contributed by atoms with Gasteiger partial charge in [-0.05, 0) is 42.5 Å². The standard InChI is InChI=1S/C25H25N3O3/c1-30-21-11-7-8-19(18-21)25(29)26-15-14-24-27-22-12-5-6-13-23(22)28(24)16-17-31-20-9-3-2-4-10-20/h2-13,18H,14-17H2,1H3,(H,26,29). The van der Waals surface area contributed by atoms with Crippen molar-refractivity contribution in [3.63, 3.8) is 0 Å². The van der Waals surface area contributed by atoms with Crippen LogP contribution in [0.4, 0.5) is 0 Å². The van der Waals surface area contributed by atoms with E-state index in [0.29, 0.717) is 37.4 Å². The summed E-state index contributed by atoms with van der Waals surface area (Å²) < 4.78 is 13.2. The molecule has 31 heavy (non-hydrogen) atoms. The number of carbonyl (C=O) groups excluding carboxylic acids is 1. The molecule has 0 aliphatic rings. The summed E-state index contributed by atoms with van der Waals surface area (Å²) in [4.78, 5) is 17.2. The van der Waals surface area contributed by atoms with Crippen molar-refractivity contribution >= 4 is 16.9 Å². The van der Waals surface area contributed by atoms with Gasteiger partial charge in [-0.15, -0.1) is 0 Å². The van der Waals surface area contributed by atoms with E-state index in [0.717, 1.165) is 22.6 Å². The summed E-state index contributed by atoms with van der Waals surface area (Å²) in [6.45, 7) is 1.70. The number of benzene rings is 3. The molecular formula is C25H25N3O3. The molecule has 3 aromatic carbocycles. The van der Waals surface area contributed by atoms with Gasteiger partial charge in [-0.2, -0.15) is 0 Å². The molecule has 1 heterocycles. The Morgan fingerprint density at radius 3 is 2.58 bits per heavy atom. The number of para-hydroxylation sites is 3. The van der Waals surface area contributed by atoms with E-state index in [9.17, 15) is 4.79 Å². The molecular weight excluding hydrogens is 390 g/mol. The number of methoxy groups -OCH3 is 1. The zero-order chi connectivity index (χ0) is 21.5. The van der Waals surface area contributed by atoms with Crippen LogP contribution in [0, 0.1) is 0 Å². The predicted molar refractivity (Wildman–Crippen MR) is 121 cm³/mol. The van der Waals surface area contributed by atoms with Crippen LogP contribution in [-0.4, -0.2) is 35.7 Å². The van der Waals surface area contributed by atoms with Gasteiger partial charge in [0.2, 0.25) is 0 Å². The van der Waals surface area contributed by atoms with Gasteiger partial charge in [0.1, 0.15) is 23.9 Å². The average molecular weight is 415 g/mol. The van der Waals surface area contributed by atoms with Crippen molar-refractivity contribution in [2.75, 3.05) is 20.3 Å². The molecule has 6 nitrogen and oxygen atoms in total. The minimum absolute atomic E-state index is 0.131. The van der Waals surface area contributed by atoms with Crippen LogP contribution < -0.4 is 14.8 Å². The first kappa shape index (κ1) is 20.5. The fourth-order valence-corrected chi connectivity index (χ4v) is 3.49. The lowest BCUT2D eigenvalue weighted by molar-refractivity contribution is 0.0953. The van der Waals surface area contributed by atoms with Gasteiger partial charge in [-0.1, -0.05) is 36.4 Å². The summed E-state index contributed by atoms with van der Waals surface area (Å²) in [6, 6.07) is 24.9. The summed E-state index contributed by atoms with van der Waals surface area (Å²) in [7, 11) is 1.59. The average Bonchev–Trinajstić information content (AvgIpc) is 3.17. The van der Waals surface area contributed by atoms with Crippen LogP contribution in [0.1, 0.15) is 16.2 Å². The lowest BCUT2D eigenvalue weighted by Gasteiger charge is -2.11. The predicted octanol–water partition coefficient (Wildman–Crippen LogP) is 4.10. The fourth-order valence-electron chi connectivity index (χ4n) is 3.49. The second-order valence-corrected chi connectivity index (χ2v) is 7.07. The molecule has 0 radical (unpaired) electrons. The van der Waals surface area contributed by atoms with Crippen LogP contribution in [0.25, 0.3) is 11.0 Å². The zero-order valence-electron chi connectivity index (χ0n) is 17.5. The van der Waals surface area contributed by atoms with Crippen molar-refractivity contribution in [1.82, 2.24) is 14.9 Å². The van der Waals surface area contributed by atoms with Crippen LogP contribution >= 0.6 is 0 Å². The number of rotatable bonds is 9. The van der Waals surface area contributed by atoms with Gasteiger partial charge in [0, 0.05) is 18.5 Å². The lowest BCUT2D eigenvalue weighted by Crippen LogP contribution is -2.26. The minimum Gasteiger partial charge on any atom is -0.497 e. The van der Waals surface area contributed by atoms with E-state index < -0.39 is 0 Å². The molecule has 0 unspecified atom stereocenters.